The average molecular weight is 543 g/mol. The first-order chi connectivity index (χ1) is 13.5. The lowest BCUT2D eigenvalue weighted by atomic mass is 10.1. The van der Waals surface area contributed by atoms with E-state index in [1.807, 2.05) is 0 Å². The van der Waals surface area contributed by atoms with Crippen LogP contribution in [-0.2, 0) is 6.54 Å². The number of H-pyrrole nitrogens is 1. The Hall–Kier alpha value is -2.28. The molecule has 0 unspecified atom stereocenters. The molecule has 0 aliphatic carbocycles. The first kappa shape index (κ1) is 21.4. The molecular formula is C16H10Br2F5N5O. The number of benzene rings is 1. The van der Waals surface area contributed by atoms with Crippen molar-refractivity contribution in [2.45, 2.75) is 20.4 Å². The van der Waals surface area contributed by atoms with Gasteiger partial charge in [0.2, 0.25) is 5.82 Å². The maximum absolute atomic E-state index is 14.0. The molecular weight excluding hydrogens is 533 g/mol. The molecule has 0 aliphatic heterocycles. The minimum Gasteiger partial charge on any atom is -0.317 e. The fourth-order valence-corrected chi connectivity index (χ4v) is 3.23. The first-order valence-electron chi connectivity index (χ1n) is 7.79. The van der Waals surface area contributed by atoms with Crippen LogP contribution in [0.25, 0.3) is 0 Å². The summed E-state index contributed by atoms with van der Waals surface area (Å²) in [5, 5.41) is 13.0. The molecule has 0 atom stereocenters. The Morgan fingerprint density at radius 2 is 1.59 bits per heavy atom. The Morgan fingerprint density at radius 3 is 2.10 bits per heavy atom. The van der Waals surface area contributed by atoms with Crippen molar-refractivity contribution in [1.82, 2.24) is 20.0 Å². The molecule has 3 rings (SSSR count). The molecule has 2 aromatic heterocycles. The van der Waals surface area contributed by atoms with E-state index in [0.29, 0.717) is 9.08 Å². The molecule has 0 radical (unpaired) electrons. The lowest BCUT2D eigenvalue weighted by Crippen LogP contribution is -2.15. The number of anilines is 1. The SMILES string of the molecule is Cc1nn(Cc2c(F)c(F)c(F)c(F)c2F)c(C)c1NC(=O)c1n[nH]c(Br)c1Br. The van der Waals surface area contributed by atoms with E-state index in [2.05, 4.69) is 52.5 Å². The number of carbonyl (C=O) groups is 1. The van der Waals surface area contributed by atoms with Crippen LogP contribution in [0, 0.1) is 42.9 Å². The second-order valence-electron chi connectivity index (χ2n) is 5.91. The number of aromatic amines is 1. The Labute approximate surface area is 176 Å². The lowest BCUT2D eigenvalue weighted by Gasteiger charge is -2.10. The lowest BCUT2D eigenvalue weighted by molar-refractivity contribution is 0.102. The number of halogens is 7. The van der Waals surface area contributed by atoms with Gasteiger partial charge in [-0.1, -0.05) is 0 Å². The van der Waals surface area contributed by atoms with E-state index in [0.717, 1.165) is 4.68 Å². The highest BCUT2D eigenvalue weighted by Gasteiger charge is 2.27. The number of nitrogens with zero attached hydrogens (tertiary/aromatic N) is 3. The van der Waals surface area contributed by atoms with Gasteiger partial charge in [-0.25, -0.2) is 22.0 Å². The standard InChI is InChI=1S/C16H10Br2F5N5O/c1-4-13(24-16(29)14-7(17)15(18)26-25-14)5(2)28(27-4)3-6-8(19)10(21)12(23)11(22)9(6)20/h3H2,1-2H3,(H,24,29)(H,25,26). The molecule has 0 fully saturated rings. The molecule has 13 heteroatoms. The van der Waals surface area contributed by atoms with Crippen molar-refractivity contribution in [3.63, 3.8) is 0 Å². The van der Waals surface area contributed by atoms with Crippen molar-refractivity contribution in [2.24, 2.45) is 0 Å². The van der Waals surface area contributed by atoms with Gasteiger partial charge in [0.25, 0.3) is 5.91 Å². The number of carbonyl (C=O) groups excluding carboxylic acids is 1. The van der Waals surface area contributed by atoms with E-state index in [9.17, 15) is 26.7 Å². The third kappa shape index (κ3) is 3.68. The Balaban J connectivity index is 1.95. The quantitative estimate of drug-likeness (QED) is 0.284. The average Bonchev–Trinajstić information content (AvgIpc) is 3.15. The van der Waals surface area contributed by atoms with Crippen molar-refractivity contribution in [3.8, 4) is 0 Å². The number of hydrogen-bond acceptors (Lipinski definition) is 3. The van der Waals surface area contributed by atoms with Crippen molar-refractivity contribution in [2.75, 3.05) is 5.32 Å². The highest BCUT2D eigenvalue weighted by Crippen LogP contribution is 2.28. The highest BCUT2D eigenvalue weighted by atomic mass is 79.9. The molecule has 2 N–H and O–H groups in total. The Bertz CT molecular complexity index is 1110. The van der Waals surface area contributed by atoms with Gasteiger partial charge in [-0.05, 0) is 45.7 Å². The van der Waals surface area contributed by atoms with Gasteiger partial charge in [-0.15, -0.1) is 0 Å². The molecule has 0 saturated carbocycles. The van der Waals surface area contributed by atoms with Gasteiger partial charge in [0.05, 0.1) is 33.7 Å². The number of rotatable bonds is 4. The van der Waals surface area contributed by atoms with Crippen LogP contribution in [0.2, 0.25) is 0 Å². The van der Waals surface area contributed by atoms with Gasteiger partial charge in [-0.3, -0.25) is 14.6 Å². The summed E-state index contributed by atoms with van der Waals surface area (Å²) in [5.74, 6) is -10.8. The third-order valence-corrected chi connectivity index (χ3v) is 5.99. The van der Waals surface area contributed by atoms with Crippen LogP contribution in [0.15, 0.2) is 9.08 Å². The van der Waals surface area contributed by atoms with Crippen LogP contribution in [0.5, 0.6) is 0 Å². The van der Waals surface area contributed by atoms with Gasteiger partial charge in [0, 0.05) is 0 Å². The van der Waals surface area contributed by atoms with Gasteiger partial charge in [0.15, 0.2) is 29.0 Å². The zero-order valence-corrected chi connectivity index (χ0v) is 17.8. The maximum atomic E-state index is 14.0. The van der Waals surface area contributed by atoms with Gasteiger partial charge < -0.3 is 5.32 Å². The van der Waals surface area contributed by atoms with Crippen LogP contribution >= 0.6 is 31.9 Å². The zero-order valence-electron chi connectivity index (χ0n) is 14.6. The van der Waals surface area contributed by atoms with Gasteiger partial charge in [0.1, 0.15) is 4.60 Å². The number of nitrogens with one attached hydrogen (secondary N) is 2. The number of aromatic nitrogens is 4. The van der Waals surface area contributed by atoms with E-state index in [4.69, 9.17) is 0 Å². The molecule has 2 heterocycles. The van der Waals surface area contributed by atoms with Crippen LogP contribution in [0.1, 0.15) is 27.4 Å². The Kier molecular flexibility index (Phi) is 5.81. The Morgan fingerprint density at radius 1 is 1.03 bits per heavy atom. The molecule has 0 aliphatic rings. The van der Waals surface area contributed by atoms with Crippen molar-refractivity contribution < 1.29 is 26.7 Å². The second-order valence-corrected chi connectivity index (χ2v) is 7.49. The monoisotopic (exact) mass is 541 g/mol. The zero-order chi connectivity index (χ0) is 21.6. The number of amides is 1. The van der Waals surface area contributed by atoms with Gasteiger partial charge >= 0.3 is 0 Å². The summed E-state index contributed by atoms with van der Waals surface area (Å²) in [4.78, 5) is 12.4. The minimum atomic E-state index is -2.24. The summed E-state index contributed by atoms with van der Waals surface area (Å²) < 4.78 is 69.8. The molecule has 3 aromatic rings. The summed E-state index contributed by atoms with van der Waals surface area (Å²) in [6, 6.07) is 0. The fraction of sp³-hybridized carbons (Fsp3) is 0.188. The van der Waals surface area contributed by atoms with Crippen LogP contribution < -0.4 is 5.32 Å². The van der Waals surface area contributed by atoms with Crippen molar-refractivity contribution >= 4 is 43.5 Å². The van der Waals surface area contributed by atoms with Crippen molar-refractivity contribution in [1.29, 1.82) is 0 Å². The van der Waals surface area contributed by atoms with E-state index in [1.54, 1.807) is 0 Å². The van der Waals surface area contributed by atoms with Crippen LogP contribution in [0.4, 0.5) is 27.6 Å². The maximum Gasteiger partial charge on any atom is 0.277 e. The topological polar surface area (TPSA) is 75.6 Å². The molecule has 154 valence electrons. The largest absolute Gasteiger partial charge is 0.317 e. The summed E-state index contributed by atoms with van der Waals surface area (Å²) in [6.45, 7) is 2.25. The highest BCUT2D eigenvalue weighted by molar-refractivity contribution is 9.13. The van der Waals surface area contributed by atoms with Crippen molar-refractivity contribution in [3.05, 3.63) is 60.8 Å². The summed E-state index contributed by atoms with van der Waals surface area (Å²) in [5.41, 5.74) is -0.284. The summed E-state index contributed by atoms with van der Waals surface area (Å²) in [6.07, 6.45) is 0. The predicted molar refractivity (Wildman–Crippen MR) is 99.0 cm³/mol. The molecule has 6 nitrogen and oxygen atoms in total. The first-order valence-corrected chi connectivity index (χ1v) is 9.38. The molecule has 1 amide bonds. The number of aryl methyl sites for hydroxylation is 1. The molecule has 1 aromatic carbocycles. The second kappa shape index (κ2) is 7.86. The van der Waals surface area contributed by atoms with Crippen LogP contribution in [-0.4, -0.2) is 25.9 Å². The predicted octanol–water partition coefficient (Wildman–Crippen LogP) is 4.74. The molecule has 0 bridgehead atoms. The van der Waals surface area contributed by atoms with E-state index >= 15 is 0 Å². The molecule has 29 heavy (non-hydrogen) atoms. The van der Waals surface area contributed by atoms with Gasteiger partial charge in [-0.2, -0.15) is 10.2 Å². The van der Waals surface area contributed by atoms with E-state index in [1.165, 1.54) is 13.8 Å². The fourth-order valence-electron chi connectivity index (χ4n) is 2.60. The third-order valence-electron chi connectivity index (χ3n) is 4.11. The smallest absolute Gasteiger partial charge is 0.277 e. The summed E-state index contributed by atoms with van der Waals surface area (Å²) in [7, 11) is 0. The van der Waals surface area contributed by atoms with E-state index < -0.39 is 47.1 Å². The summed E-state index contributed by atoms with van der Waals surface area (Å²) >= 11 is 6.33. The minimum absolute atomic E-state index is 0.0307. The van der Waals surface area contributed by atoms with E-state index in [-0.39, 0.29) is 22.8 Å². The number of hydrogen-bond donors (Lipinski definition) is 2. The van der Waals surface area contributed by atoms with Crippen LogP contribution in [0.3, 0.4) is 0 Å². The molecule has 0 spiro atoms. The normalized spacial score (nSPS) is 11.2. The molecule has 0 saturated heterocycles.